The molecule has 3 fully saturated rings. The number of nitrogens with one attached hydrogen (secondary N) is 1. The van der Waals surface area contributed by atoms with Crippen molar-refractivity contribution < 1.29 is 41.3 Å². The number of hydrogen-bond acceptors (Lipinski definition) is 11. The second kappa shape index (κ2) is 14.9. The largest absolute Gasteiger partial charge is 0.493 e. The maximum atomic E-state index is 13.8. The van der Waals surface area contributed by atoms with E-state index in [1.165, 1.54) is 16.4 Å². The lowest BCUT2D eigenvalue weighted by molar-refractivity contribution is -0.0312. The van der Waals surface area contributed by atoms with Gasteiger partial charge < -0.3 is 35.5 Å². The molecule has 14 heteroatoms. The van der Waals surface area contributed by atoms with Gasteiger partial charge in [0.05, 0.1) is 40.0 Å². The van der Waals surface area contributed by atoms with E-state index in [0.29, 0.717) is 82.0 Å². The summed E-state index contributed by atoms with van der Waals surface area (Å²) in [6, 6.07) is 18.8. The molecule has 0 radical (unpaired) electrons. The van der Waals surface area contributed by atoms with Crippen molar-refractivity contribution in [1.82, 2.24) is 9.62 Å². The van der Waals surface area contributed by atoms with Gasteiger partial charge in [-0.25, -0.2) is 16.8 Å². The van der Waals surface area contributed by atoms with Gasteiger partial charge in [-0.1, -0.05) is 30.3 Å². The molecule has 0 bridgehead atoms. The Morgan fingerprint density at radius 3 is 2.38 bits per heavy atom. The predicted octanol–water partition coefficient (Wildman–Crippen LogP) is 2.85. The van der Waals surface area contributed by atoms with Crippen molar-refractivity contribution in [3.63, 3.8) is 0 Å². The molecule has 1 saturated carbocycles. The highest BCUT2D eigenvalue weighted by Gasteiger charge is 2.54. The fraction of sp³-hybridized carbons (Fsp3) is 0.500. The van der Waals surface area contributed by atoms with E-state index < -0.39 is 42.9 Å². The number of piperidine rings is 1. The lowest BCUT2D eigenvalue weighted by Gasteiger charge is -2.38. The standard InChI is InChI=1S/C36H47N3O9S2/c1-2-46-34-11-10-32(19-33(34)27-8-6-26(21-37)7-9-27)50(44,45)39-16-14-35(15-17-39)20-28(23-48-35)38-22-29(41)24-47-30-4-3-5-31(18-30)49(42,43)36(25-40)12-13-36/h3-11,18-19,28-29,38,40-41H,2,12-17,20-25,37H2,1H3/t28-,29?/m0/s1. The van der Waals surface area contributed by atoms with Gasteiger partial charge in [0.15, 0.2) is 9.84 Å². The number of aliphatic hydroxyl groups is 2. The minimum Gasteiger partial charge on any atom is -0.493 e. The number of sulfone groups is 1. The van der Waals surface area contributed by atoms with Crippen LogP contribution < -0.4 is 20.5 Å². The second-order valence-corrected chi connectivity index (χ2v) is 17.8. The number of ether oxygens (including phenoxy) is 3. The summed E-state index contributed by atoms with van der Waals surface area (Å²) in [4.78, 5) is 0.308. The van der Waals surface area contributed by atoms with Crippen LogP contribution in [0.3, 0.4) is 0 Å². The number of benzene rings is 3. The third-order valence-electron chi connectivity index (χ3n) is 10.1. The van der Waals surface area contributed by atoms with Crippen molar-refractivity contribution >= 4 is 19.9 Å². The summed E-state index contributed by atoms with van der Waals surface area (Å²) in [6.07, 6.45) is 1.80. The third kappa shape index (κ3) is 7.58. The van der Waals surface area contributed by atoms with E-state index in [0.717, 1.165) is 11.1 Å². The van der Waals surface area contributed by atoms with Crippen molar-refractivity contribution in [3.8, 4) is 22.6 Å². The van der Waals surface area contributed by atoms with Crippen LogP contribution >= 0.6 is 0 Å². The quantitative estimate of drug-likeness (QED) is 0.181. The van der Waals surface area contributed by atoms with Crippen molar-refractivity contribution in [2.45, 2.75) is 77.9 Å². The third-order valence-corrected chi connectivity index (χ3v) is 14.5. The number of nitrogens with two attached hydrogens (primary N) is 1. The molecule has 50 heavy (non-hydrogen) atoms. The molecular formula is C36H47N3O9S2. The van der Waals surface area contributed by atoms with Gasteiger partial charge in [0.1, 0.15) is 24.2 Å². The molecule has 6 rings (SSSR count). The first-order valence-electron chi connectivity index (χ1n) is 17.1. The SMILES string of the molecule is CCOc1ccc(S(=O)(=O)N2CCC3(CC2)C[C@H](NCC(O)COc2cccc(S(=O)(=O)C4(CO)CC4)c2)CO3)cc1-c1ccc(CN)cc1. The van der Waals surface area contributed by atoms with Crippen LogP contribution in [0.2, 0.25) is 0 Å². The fourth-order valence-electron chi connectivity index (χ4n) is 6.79. The van der Waals surface area contributed by atoms with Crippen LogP contribution in [0.25, 0.3) is 11.1 Å². The van der Waals surface area contributed by atoms with Crippen molar-refractivity contribution in [2.75, 3.05) is 46.1 Å². The Labute approximate surface area is 294 Å². The van der Waals surface area contributed by atoms with Crippen molar-refractivity contribution in [1.29, 1.82) is 0 Å². The van der Waals surface area contributed by atoms with E-state index in [1.54, 1.807) is 30.3 Å². The van der Waals surface area contributed by atoms with Gasteiger partial charge in [0.25, 0.3) is 0 Å². The van der Waals surface area contributed by atoms with Gasteiger partial charge in [-0.15, -0.1) is 0 Å². The highest BCUT2D eigenvalue weighted by molar-refractivity contribution is 7.93. The molecule has 12 nitrogen and oxygen atoms in total. The first kappa shape index (κ1) is 36.7. The molecule has 2 atom stereocenters. The molecule has 5 N–H and O–H groups in total. The zero-order chi connectivity index (χ0) is 35.6. The van der Waals surface area contributed by atoms with Crippen LogP contribution in [0.15, 0.2) is 76.5 Å². The molecule has 1 aliphatic carbocycles. The maximum Gasteiger partial charge on any atom is 0.243 e. The zero-order valence-electron chi connectivity index (χ0n) is 28.3. The van der Waals surface area contributed by atoms with E-state index in [4.69, 9.17) is 19.9 Å². The topological polar surface area (TPSA) is 178 Å². The Kier molecular flexibility index (Phi) is 10.9. The van der Waals surface area contributed by atoms with Gasteiger partial charge in [-0.2, -0.15) is 4.31 Å². The Hall–Kier alpha value is -3.08. The van der Waals surface area contributed by atoms with Gasteiger partial charge in [0.2, 0.25) is 10.0 Å². The molecular weight excluding hydrogens is 683 g/mol. The second-order valence-electron chi connectivity index (χ2n) is 13.5. The van der Waals surface area contributed by atoms with Gasteiger partial charge >= 0.3 is 0 Å². The van der Waals surface area contributed by atoms with E-state index >= 15 is 0 Å². The van der Waals surface area contributed by atoms with Crippen molar-refractivity contribution in [2.24, 2.45) is 5.73 Å². The van der Waals surface area contributed by atoms with E-state index in [2.05, 4.69) is 5.32 Å². The summed E-state index contributed by atoms with van der Waals surface area (Å²) in [5.74, 6) is 0.940. The highest BCUT2D eigenvalue weighted by atomic mass is 32.2. The van der Waals surface area contributed by atoms with Gasteiger partial charge in [-0.3, -0.25) is 0 Å². The molecule has 2 heterocycles. The fourth-order valence-corrected chi connectivity index (χ4v) is 10.1. The van der Waals surface area contributed by atoms with Crippen LogP contribution in [0.5, 0.6) is 11.5 Å². The summed E-state index contributed by atoms with van der Waals surface area (Å²) in [6.45, 7) is 3.64. The van der Waals surface area contributed by atoms with Crippen LogP contribution in [0.4, 0.5) is 0 Å². The maximum absolute atomic E-state index is 13.8. The number of hydrogen-bond donors (Lipinski definition) is 4. The van der Waals surface area contributed by atoms with Crippen LogP contribution in [-0.2, 0) is 31.1 Å². The highest BCUT2D eigenvalue weighted by Crippen LogP contribution is 2.46. The summed E-state index contributed by atoms with van der Waals surface area (Å²) in [5, 5.41) is 23.6. The monoisotopic (exact) mass is 729 g/mol. The summed E-state index contributed by atoms with van der Waals surface area (Å²) in [7, 11) is -7.45. The zero-order valence-corrected chi connectivity index (χ0v) is 29.9. The van der Waals surface area contributed by atoms with Crippen LogP contribution in [0.1, 0.15) is 44.6 Å². The molecule has 2 aliphatic heterocycles. The molecule has 2 saturated heterocycles. The average Bonchev–Trinajstić information content (AvgIpc) is 3.86. The van der Waals surface area contributed by atoms with Gasteiger partial charge in [-0.05, 0) is 86.6 Å². The number of sulfonamides is 1. The predicted molar refractivity (Wildman–Crippen MR) is 188 cm³/mol. The van der Waals surface area contributed by atoms with E-state index in [9.17, 15) is 27.0 Å². The number of rotatable bonds is 15. The number of nitrogens with zero attached hydrogens (tertiary/aromatic N) is 1. The summed E-state index contributed by atoms with van der Waals surface area (Å²) in [5.41, 5.74) is 7.85. The van der Waals surface area contributed by atoms with Gasteiger partial charge in [0, 0.05) is 37.8 Å². The molecule has 0 aromatic heterocycles. The Morgan fingerprint density at radius 2 is 1.72 bits per heavy atom. The Balaban J connectivity index is 1.00. The Morgan fingerprint density at radius 1 is 0.980 bits per heavy atom. The van der Waals surface area contributed by atoms with E-state index in [-0.39, 0.29) is 29.0 Å². The molecule has 272 valence electrons. The molecule has 3 aliphatic rings. The summed E-state index contributed by atoms with van der Waals surface area (Å²) < 4.78 is 71.7. The lowest BCUT2D eigenvalue weighted by Crippen LogP contribution is -2.47. The number of aliphatic hydroxyl groups excluding tert-OH is 2. The molecule has 3 aromatic carbocycles. The molecule has 1 unspecified atom stereocenters. The first-order valence-corrected chi connectivity index (χ1v) is 20.1. The normalized spacial score (nSPS) is 20.8. The van der Waals surface area contributed by atoms with Crippen LogP contribution in [0, 0.1) is 0 Å². The van der Waals surface area contributed by atoms with Crippen LogP contribution in [-0.4, -0.2) is 99.9 Å². The lowest BCUT2D eigenvalue weighted by atomic mass is 9.88. The molecule has 3 aromatic rings. The Bertz CT molecular complexity index is 1860. The minimum absolute atomic E-state index is 0.0196. The minimum atomic E-state index is -3.77. The first-order chi connectivity index (χ1) is 23.9. The summed E-state index contributed by atoms with van der Waals surface area (Å²) >= 11 is 0. The average molecular weight is 730 g/mol. The van der Waals surface area contributed by atoms with E-state index in [1.807, 2.05) is 31.2 Å². The molecule has 1 spiro atoms. The molecule has 0 amide bonds. The van der Waals surface area contributed by atoms with Crippen molar-refractivity contribution in [3.05, 3.63) is 72.3 Å². The smallest absolute Gasteiger partial charge is 0.243 e.